The summed E-state index contributed by atoms with van der Waals surface area (Å²) in [5, 5.41) is 6.80. The zero-order valence-electron chi connectivity index (χ0n) is 17.8. The average Bonchev–Trinajstić information content (AvgIpc) is 3.42. The quantitative estimate of drug-likeness (QED) is 0.577. The highest BCUT2D eigenvalue weighted by atomic mass is 32.1. The van der Waals surface area contributed by atoms with Crippen molar-refractivity contribution in [1.29, 1.82) is 0 Å². The van der Waals surface area contributed by atoms with Gasteiger partial charge >= 0.3 is 0 Å². The molecule has 1 unspecified atom stereocenters. The van der Waals surface area contributed by atoms with Gasteiger partial charge in [-0.25, -0.2) is 23.4 Å². The van der Waals surface area contributed by atoms with Crippen LogP contribution in [0.4, 0.5) is 14.6 Å². The van der Waals surface area contributed by atoms with Crippen LogP contribution in [0.1, 0.15) is 43.0 Å². The van der Waals surface area contributed by atoms with E-state index >= 15 is 0 Å². The lowest BCUT2D eigenvalue weighted by Crippen LogP contribution is -2.26. The summed E-state index contributed by atoms with van der Waals surface area (Å²) in [5.74, 6) is 1.25. The van der Waals surface area contributed by atoms with Gasteiger partial charge in [-0.15, -0.1) is 11.3 Å². The van der Waals surface area contributed by atoms with E-state index in [9.17, 15) is 8.78 Å². The Morgan fingerprint density at radius 2 is 1.94 bits per heavy atom. The minimum Gasteiger partial charge on any atom is -0.357 e. The molecule has 0 aliphatic carbocycles. The number of fused-ring (bicyclic) bond motifs is 1. The van der Waals surface area contributed by atoms with Crippen molar-refractivity contribution in [2.75, 3.05) is 37.6 Å². The van der Waals surface area contributed by atoms with Crippen molar-refractivity contribution in [1.82, 2.24) is 24.6 Å². The van der Waals surface area contributed by atoms with Crippen molar-refractivity contribution in [3.63, 3.8) is 0 Å². The molecule has 0 amide bonds. The number of halogens is 2. The molecule has 3 aromatic rings. The largest absolute Gasteiger partial charge is 0.357 e. The highest BCUT2D eigenvalue weighted by molar-refractivity contribution is 7.15. The Morgan fingerprint density at radius 3 is 2.71 bits per heavy atom. The first kappa shape index (κ1) is 20.8. The lowest BCUT2D eigenvalue weighted by Gasteiger charge is -2.21. The lowest BCUT2D eigenvalue weighted by atomic mass is 10.1. The molecule has 1 atom stereocenters. The molecule has 2 saturated heterocycles. The maximum absolute atomic E-state index is 12.7. The number of rotatable bonds is 5. The summed E-state index contributed by atoms with van der Waals surface area (Å²) in [6.07, 6.45) is 5.50. The van der Waals surface area contributed by atoms with Crippen LogP contribution in [-0.4, -0.2) is 63.8 Å². The first-order valence-corrected chi connectivity index (χ1v) is 12.0. The molecule has 2 fully saturated rings. The monoisotopic (exact) mass is 446 g/mol. The first-order valence-electron chi connectivity index (χ1n) is 11.1. The molecule has 2 aliphatic heterocycles. The van der Waals surface area contributed by atoms with Crippen molar-refractivity contribution >= 4 is 28.2 Å². The molecular weight excluding hydrogens is 418 g/mol. The summed E-state index contributed by atoms with van der Waals surface area (Å²) in [4.78, 5) is 14.8. The fourth-order valence-electron chi connectivity index (χ4n) is 4.76. The average molecular weight is 447 g/mol. The molecule has 0 radical (unpaired) electrons. The molecule has 0 N–H and O–H groups in total. The minimum atomic E-state index is -2.28. The number of thiazole rings is 1. The van der Waals surface area contributed by atoms with Crippen LogP contribution in [0.3, 0.4) is 0 Å². The third kappa shape index (κ3) is 4.30. The molecule has 0 bridgehead atoms. The van der Waals surface area contributed by atoms with Crippen LogP contribution >= 0.6 is 11.3 Å². The van der Waals surface area contributed by atoms with Crippen LogP contribution in [0.2, 0.25) is 0 Å². The third-order valence-electron chi connectivity index (χ3n) is 6.38. The van der Waals surface area contributed by atoms with Crippen molar-refractivity contribution < 1.29 is 8.78 Å². The lowest BCUT2D eigenvalue weighted by molar-refractivity contribution is 0.0990. The second-order valence-electron chi connectivity index (χ2n) is 8.61. The van der Waals surface area contributed by atoms with E-state index in [1.165, 1.54) is 25.7 Å². The number of hydrogen-bond acceptors (Lipinski definition) is 6. The van der Waals surface area contributed by atoms with Crippen molar-refractivity contribution in [3.05, 3.63) is 23.3 Å². The predicted octanol–water partition coefficient (Wildman–Crippen LogP) is 4.53. The minimum absolute atomic E-state index is 0.148. The van der Waals surface area contributed by atoms with Gasteiger partial charge in [-0.1, -0.05) is 12.8 Å². The van der Waals surface area contributed by atoms with Gasteiger partial charge in [0, 0.05) is 44.2 Å². The molecule has 0 spiro atoms. The van der Waals surface area contributed by atoms with E-state index in [1.54, 1.807) is 11.3 Å². The van der Waals surface area contributed by atoms with Crippen LogP contribution < -0.4 is 4.90 Å². The van der Waals surface area contributed by atoms with Crippen LogP contribution in [-0.2, 0) is 7.05 Å². The molecule has 5 rings (SSSR count). The SMILES string of the molecule is Cn1nc(-c2cnc(C3CCN(CC(F)F)C3)s2)c2ccc(N3CCCCCC3)nc21. The van der Waals surface area contributed by atoms with E-state index in [2.05, 4.69) is 22.0 Å². The van der Waals surface area contributed by atoms with Crippen molar-refractivity contribution in [2.24, 2.45) is 7.05 Å². The number of alkyl halides is 2. The van der Waals surface area contributed by atoms with E-state index in [1.807, 2.05) is 22.8 Å². The van der Waals surface area contributed by atoms with E-state index in [0.717, 1.165) is 51.9 Å². The van der Waals surface area contributed by atoms with E-state index in [-0.39, 0.29) is 12.5 Å². The number of likely N-dealkylation sites (tertiary alicyclic amines) is 1. The fraction of sp³-hybridized carbons (Fsp3) is 0.591. The highest BCUT2D eigenvalue weighted by Crippen LogP contribution is 2.37. The van der Waals surface area contributed by atoms with Crippen molar-refractivity contribution in [2.45, 2.75) is 44.4 Å². The first-order chi connectivity index (χ1) is 15.1. The van der Waals surface area contributed by atoms with Gasteiger partial charge in [0.05, 0.1) is 16.4 Å². The van der Waals surface area contributed by atoms with Gasteiger partial charge in [-0.05, 0) is 37.9 Å². The summed E-state index contributed by atoms with van der Waals surface area (Å²) in [7, 11) is 1.94. The summed E-state index contributed by atoms with van der Waals surface area (Å²) in [6, 6.07) is 4.24. The van der Waals surface area contributed by atoms with E-state index < -0.39 is 6.43 Å². The Bertz CT molecular complexity index is 1040. The summed E-state index contributed by atoms with van der Waals surface area (Å²) >= 11 is 1.63. The number of anilines is 1. The Morgan fingerprint density at radius 1 is 1.13 bits per heavy atom. The van der Waals surface area contributed by atoms with Crippen LogP contribution in [0.15, 0.2) is 18.3 Å². The Hall–Kier alpha value is -2.13. The van der Waals surface area contributed by atoms with Crippen LogP contribution in [0, 0.1) is 0 Å². The normalized spacial score (nSPS) is 20.8. The van der Waals surface area contributed by atoms with E-state index in [0.29, 0.717) is 13.1 Å². The third-order valence-corrected chi connectivity index (χ3v) is 7.54. The van der Waals surface area contributed by atoms with Gasteiger partial charge < -0.3 is 4.90 Å². The second kappa shape index (κ2) is 8.78. The molecule has 3 aromatic heterocycles. The maximum Gasteiger partial charge on any atom is 0.251 e. The molecular formula is C22H28F2N6S. The molecule has 5 heterocycles. The van der Waals surface area contributed by atoms with Gasteiger partial charge in [0.1, 0.15) is 11.5 Å². The fourth-order valence-corrected chi connectivity index (χ4v) is 5.80. The number of hydrogen-bond donors (Lipinski definition) is 0. The highest BCUT2D eigenvalue weighted by Gasteiger charge is 2.28. The van der Waals surface area contributed by atoms with Gasteiger partial charge in [0.25, 0.3) is 6.43 Å². The molecule has 0 aromatic carbocycles. The molecule has 31 heavy (non-hydrogen) atoms. The number of pyridine rings is 1. The standard InChI is InChI=1S/C22H28F2N6S/c1-28-21-16(6-7-19(26-21)30-9-4-2-3-5-10-30)20(27-28)17-12-25-22(31-17)15-8-11-29(13-15)14-18(23)24/h6-7,12,15,18H,2-5,8-11,13-14H2,1H3. The number of nitrogens with zero attached hydrogens (tertiary/aromatic N) is 6. The Kier molecular flexibility index (Phi) is 5.88. The molecule has 9 heteroatoms. The zero-order valence-corrected chi connectivity index (χ0v) is 18.6. The van der Waals surface area contributed by atoms with Gasteiger partial charge in [-0.3, -0.25) is 4.90 Å². The summed E-state index contributed by atoms with van der Waals surface area (Å²) in [5.41, 5.74) is 1.79. The van der Waals surface area contributed by atoms with Gasteiger partial charge in [0.15, 0.2) is 5.65 Å². The summed E-state index contributed by atoms with van der Waals surface area (Å²) < 4.78 is 27.2. The van der Waals surface area contributed by atoms with Crippen molar-refractivity contribution in [3.8, 4) is 10.6 Å². The Labute approximate surface area is 184 Å². The smallest absolute Gasteiger partial charge is 0.251 e. The molecule has 166 valence electrons. The molecule has 6 nitrogen and oxygen atoms in total. The summed E-state index contributed by atoms with van der Waals surface area (Å²) in [6.45, 7) is 3.34. The predicted molar refractivity (Wildman–Crippen MR) is 120 cm³/mol. The number of aromatic nitrogens is 4. The van der Waals surface area contributed by atoms with Gasteiger partial charge in [-0.2, -0.15) is 5.10 Å². The number of aryl methyl sites for hydroxylation is 1. The second-order valence-corrected chi connectivity index (χ2v) is 9.68. The molecule has 2 aliphatic rings. The molecule has 0 saturated carbocycles. The Balaban J connectivity index is 1.38. The van der Waals surface area contributed by atoms with Gasteiger partial charge in [0.2, 0.25) is 0 Å². The zero-order chi connectivity index (χ0) is 21.4. The van der Waals surface area contributed by atoms with Crippen LogP contribution in [0.25, 0.3) is 21.6 Å². The van der Waals surface area contributed by atoms with Crippen LogP contribution in [0.5, 0.6) is 0 Å². The maximum atomic E-state index is 12.7. The van der Waals surface area contributed by atoms with E-state index in [4.69, 9.17) is 10.1 Å². The topological polar surface area (TPSA) is 50.1 Å².